The summed E-state index contributed by atoms with van der Waals surface area (Å²) in [6.45, 7) is 6.24. The number of Topliss-reactive ketones (excluding diaryl/α,β-unsaturated/α-hetero) is 1. The quantitative estimate of drug-likeness (QED) is 0.393. The van der Waals surface area contributed by atoms with Crippen LogP contribution in [-0.4, -0.2) is 78.1 Å². The molecule has 0 bridgehead atoms. The molecule has 33 heavy (non-hydrogen) atoms. The molecule has 0 spiro atoms. The molecule has 1 atom stereocenters. The average Bonchev–Trinajstić information content (AvgIpc) is 3.10. The van der Waals surface area contributed by atoms with Gasteiger partial charge in [-0.25, -0.2) is 0 Å². The third kappa shape index (κ3) is 4.77. The first-order chi connectivity index (χ1) is 16.0. The van der Waals surface area contributed by atoms with Gasteiger partial charge < -0.3 is 19.5 Å². The second kappa shape index (κ2) is 10.1. The Balaban J connectivity index is 1.66. The molecule has 2 aromatic rings. The molecule has 0 aliphatic carbocycles. The maximum atomic E-state index is 13.1. The SMILES string of the molecule is COc1ccc(C(O)=C2C(=O)C(=O)N(CCCN3CCOCC3)[C@@H]2c2ccncc2)cc1C. The number of hydrogen-bond acceptors (Lipinski definition) is 7. The molecule has 0 unspecified atom stereocenters. The highest BCUT2D eigenvalue weighted by Gasteiger charge is 2.45. The monoisotopic (exact) mass is 451 g/mol. The van der Waals surface area contributed by atoms with Crippen LogP contribution in [0.25, 0.3) is 5.76 Å². The number of carbonyl (C=O) groups excluding carboxylic acids is 2. The first kappa shape index (κ1) is 22.9. The molecule has 1 aromatic heterocycles. The molecule has 1 amide bonds. The number of carbonyl (C=O) groups is 2. The van der Waals surface area contributed by atoms with Crippen molar-refractivity contribution in [1.82, 2.24) is 14.8 Å². The van der Waals surface area contributed by atoms with Gasteiger partial charge in [-0.1, -0.05) is 0 Å². The fourth-order valence-electron chi connectivity index (χ4n) is 4.47. The Morgan fingerprint density at radius 1 is 1.15 bits per heavy atom. The van der Waals surface area contributed by atoms with Crippen molar-refractivity contribution < 1.29 is 24.2 Å². The van der Waals surface area contributed by atoms with Crippen molar-refractivity contribution in [3.63, 3.8) is 0 Å². The number of benzene rings is 1. The summed E-state index contributed by atoms with van der Waals surface area (Å²) in [5.74, 6) is -0.767. The van der Waals surface area contributed by atoms with Gasteiger partial charge in [-0.2, -0.15) is 0 Å². The Bertz CT molecular complexity index is 1050. The van der Waals surface area contributed by atoms with Crippen LogP contribution >= 0.6 is 0 Å². The van der Waals surface area contributed by atoms with E-state index in [-0.39, 0.29) is 11.3 Å². The normalized spacial score (nSPS) is 20.9. The van der Waals surface area contributed by atoms with Gasteiger partial charge in [0.2, 0.25) is 0 Å². The number of aliphatic hydroxyl groups is 1. The second-order valence-electron chi connectivity index (χ2n) is 8.27. The molecule has 2 aliphatic rings. The standard InChI is InChI=1S/C25H29N3O5/c1-17-16-19(4-5-20(17)32-2)23(29)21-22(18-6-8-26-9-7-18)28(25(31)24(21)30)11-3-10-27-12-14-33-15-13-27/h4-9,16,22,29H,3,10-15H2,1-2H3/t22-/m1/s1. The molecule has 2 fully saturated rings. The zero-order chi connectivity index (χ0) is 23.4. The molecule has 8 nitrogen and oxygen atoms in total. The first-order valence-corrected chi connectivity index (χ1v) is 11.1. The number of aliphatic hydroxyl groups excluding tert-OH is 1. The van der Waals surface area contributed by atoms with Crippen LogP contribution in [0.4, 0.5) is 0 Å². The van der Waals surface area contributed by atoms with E-state index in [2.05, 4.69) is 9.88 Å². The van der Waals surface area contributed by atoms with Crippen molar-refractivity contribution in [3.05, 3.63) is 65.0 Å². The zero-order valence-electron chi connectivity index (χ0n) is 19.0. The summed E-state index contributed by atoms with van der Waals surface area (Å²) in [4.78, 5) is 34.1. The number of ether oxygens (including phenoxy) is 2. The molecule has 2 saturated heterocycles. The fraction of sp³-hybridized carbons (Fsp3) is 0.400. The van der Waals surface area contributed by atoms with E-state index in [1.165, 1.54) is 0 Å². The molecule has 8 heteroatoms. The predicted molar refractivity (Wildman–Crippen MR) is 123 cm³/mol. The van der Waals surface area contributed by atoms with Crippen LogP contribution < -0.4 is 4.74 Å². The molecule has 1 N–H and O–H groups in total. The lowest BCUT2D eigenvalue weighted by Gasteiger charge is -2.29. The van der Waals surface area contributed by atoms with Gasteiger partial charge in [0, 0.05) is 44.1 Å². The number of nitrogens with zero attached hydrogens (tertiary/aromatic N) is 3. The third-order valence-electron chi connectivity index (χ3n) is 6.21. The molecule has 2 aliphatic heterocycles. The van der Waals surface area contributed by atoms with Crippen LogP contribution in [0.2, 0.25) is 0 Å². The van der Waals surface area contributed by atoms with E-state index < -0.39 is 17.7 Å². The number of aryl methyl sites for hydroxylation is 1. The van der Waals surface area contributed by atoms with Gasteiger partial charge in [0.1, 0.15) is 11.5 Å². The highest BCUT2D eigenvalue weighted by Crippen LogP contribution is 2.39. The van der Waals surface area contributed by atoms with Gasteiger partial charge in [0.25, 0.3) is 11.7 Å². The van der Waals surface area contributed by atoms with Crippen LogP contribution in [0, 0.1) is 6.92 Å². The molecular weight excluding hydrogens is 422 g/mol. The van der Waals surface area contributed by atoms with Crippen molar-refractivity contribution in [1.29, 1.82) is 0 Å². The Kier molecular flexibility index (Phi) is 7.05. The Morgan fingerprint density at radius 3 is 2.55 bits per heavy atom. The minimum atomic E-state index is -0.672. The Morgan fingerprint density at radius 2 is 1.88 bits per heavy atom. The second-order valence-corrected chi connectivity index (χ2v) is 8.27. The van der Waals surface area contributed by atoms with Crippen molar-refractivity contribution in [3.8, 4) is 5.75 Å². The summed E-state index contributed by atoms with van der Waals surface area (Å²) in [6.07, 6.45) is 3.97. The Hall–Kier alpha value is -3.23. The van der Waals surface area contributed by atoms with E-state index in [1.807, 2.05) is 6.92 Å². The van der Waals surface area contributed by atoms with E-state index in [4.69, 9.17) is 9.47 Å². The summed E-state index contributed by atoms with van der Waals surface area (Å²) < 4.78 is 10.7. The van der Waals surface area contributed by atoms with Gasteiger partial charge in [-0.3, -0.25) is 19.5 Å². The molecule has 4 rings (SSSR count). The Labute approximate surface area is 193 Å². The number of methoxy groups -OCH3 is 1. The van der Waals surface area contributed by atoms with Crippen molar-refractivity contribution in [2.45, 2.75) is 19.4 Å². The molecule has 174 valence electrons. The lowest BCUT2D eigenvalue weighted by molar-refractivity contribution is -0.140. The predicted octanol–water partition coefficient (Wildman–Crippen LogP) is 2.54. The summed E-state index contributed by atoms with van der Waals surface area (Å²) in [6, 6.07) is 8.07. The zero-order valence-corrected chi connectivity index (χ0v) is 19.0. The fourth-order valence-corrected chi connectivity index (χ4v) is 4.47. The van der Waals surface area contributed by atoms with Crippen LogP contribution in [0.3, 0.4) is 0 Å². The summed E-state index contributed by atoms with van der Waals surface area (Å²) in [5.41, 5.74) is 2.13. The maximum Gasteiger partial charge on any atom is 0.295 e. The van der Waals surface area contributed by atoms with E-state index in [0.717, 1.165) is 37.2 Å². The topological polar surface area (TPSA) is 92.2 Å². The van der Waals surface area contributed by atoms with Crippen LogP contribution in [0.15, 0.2) is 48.3 Å². The number of amides is 1. The van der Waals surface area contributed by atoms with Gasteiger partial charge in [0.15, 0.2) is 0 Å². The lowest BCUT2D eigenvalue weighted by atomic mass is 9.95. The van der Waals surface area contributed by atoms with E-state index >= 15 is 0 Å². The number of rotatable bonds is 7. The minimum Gasteiger partial charge on any atom is -0.507 e. The summed E-state index contributed by atoms with van der Waals surface area (Å²) >= 11 is 0. The van der Waals surface area contributed by atoms with Crippen molar-refractivity contribution in [2.75, 3.05) is 46.5 Å². The maximum absolute atomic E-state index is 13.1. The third-order valence-corrected chi connectivity index (χ3v) is 6.21. The van der Waals surface area contributed by atoms with Crippen LogP contribution in [-0.2, 0) is 14.3 Å². The minimum absolute atomic E-state index is 0.0992. The number of pyridine rings is 1. The smallest absolute Gasteiger partial charge is 0.295 e. The van der Waals surface area contributed by atoms with Crippen molar-refractivity contribution in [2.24, 2.45) is 0 Å². The molecule has 0 radical (unpaired) electrons. The summed E-state index contributed by atoms with van der Waals surface area (Å²) in [5, 5.41) is 11.2. The van der Waals surface area contributed by atoms with Gasteiger partial charge in [0.05, 0.1) is 31.9 Å². The largest absolute Gasteiger partial charge is 0.507 e. The van der Waals surface area contributed by atoms with Crippen LogP contribution in [0.5, 0.6) is 5.75 Å². The average molecular weight is 452 g/mol. The van der Waals surface area contributed by atoms with E-state index in [9.17, 15) is 14.7 Å². The highest BCUT2D eigenvalue weighted by atomic mass is 16.5. The van der Waals surface area contributed by atoms with Gasteiger partial charge in [-0.05, 0) is 54.8 Å². The van der Waals surface area contributed by atoms with Crippen molar-refractivity contribution >= 4 is 17.4 Å². The summed E-state index contributed by atoms with van der Waals surface area (Å²) in [7, 11) is 1.58. The number of likely N-dealkylation sites (tertiary alicyclic amines) is 1. The molecular formula is C25H29N3O5. The highest BCUT2D eigenvalue weighted by molar-refractivity contribution is 6.46. The van der Waals surface area contributed by atoms with Gasteiger partial charge in [-0.15, -0.1) is 0 Å². The lowest BCUT2D eigenvalue weighted by Crippen LogP contribution is -2.38. The molecule has 1 aromatic carbocycles. The first-order valence-electron chi connectivity index (χ1n) is 11.1. The number of morpholine rings is 1. The number of aromatic nitrogens is 1. The molecule has 0 saturated carbocycles. The number of ketones is 1. The molecule has 3 heterocycles. The van der Waals surface area contributed by atoms with Gasteiger partial charge >= 0.3 is 0 Å². The van der Waals surface area contributed by atoms with Crippen LogP contribution in [0.1, 0.15) is 29.2 Å². The van der Waals surface area contributed by atoms with E-state index in [1.54, 1.807) is 54.7 Å². The van der Waals surface area contributed by atoms with E-state index in [0.29, 0.717) is 31.1 Å². The number of hydrogen-bond donors (Lipinski definition) is 1.